The van der Waals surface area contributed by atoms with E-state index in [-0.39, 0.29) is 12.3 Å². The minimum Gasteiger partial charge on any atom is -0.481 e. The second-order valence-corrected chi connectivity index (χ2v) is 4.16. The summed E-state index contributed by atoms with van der Waals surface area (Å²) in [6.07, 6.45) is 3.55. The maximum atomic E-state index is 11.4. The Kier molecular flexibility index (Phi) is 7.54. The van der Waals surface area contributed by atoms with E-state index in [1.165, 1.54) is 5.01 Å². The molecule has 0 aromatic heterocycles. The highest BCUT2D eigenvalue weighted by molar-refractivity contribution is 5.81. The van der Waals surface area contributed by atoms with Crippen molar-refractivity contribution in [2.24, 2.45) is 5.92 Å². The lowest BCUT2D eigenvalue weighted by molar-refractivity contribution is -0.144. The topological polar surface area (TPSA) is 69.6 Å². The van der Waals surface area contributed by atoms with Crippen LogP contribution in [-0.2, 0) is 9.59 Å². The molecule has 2 N–H and O–H groups in total. The zero-order valence-corrected chi connectivity index (χ0v) is 10.3. The highest BCUT2D eigenvalue weighted by Crippen LogP contribution is 2.14. The van der Waals surface area contributed by atoms with Gasteiger partial charge in [-0.2, -0.15) is 0 Å². The van der Waals surface area contributed by atoms with Gasteiger partial charge in [0.2, 0.25) is 5.91 Å². The Morgan fingerprint density at radius 2 is 1.94 bits per heavy atom. The minimum absolute atomic E-state index is 0.0528. The highest BCUT2D eigenvalue weighted by Gasteiger charge is 2.20. The number of carbonyl (C=O) groups is 2. The van der Waals surface area contributed by atoms with Crippen LogP contribution < -0.4 is 5.43 Å². The first-order valence-electron chi connectivity index (χ1n) is 5.67. The maximum Gasteiger partial charge on any atom is 0.307 e. The average Bonchev–Trinajstić information content (AvgIpc) is 2.15. The largest absolute Gasteiger partial charge is 0.481 e. The molecule has 0 aromatic carbocycles. The number of carbonyl (C=O) groups excluding carboxylic acids is 1. The van der Waals surface area contributed by atoms with Crippen LogP contribution in [0.3, 0.4) is 0 Å². The second-order valence-electron chi connectivity index (χ2n) is 4.16. The Morgan fingerprint density at radius 3 is 2.38 bits per heavy atom. The SMILES string of the molecule is CCCCCC(CC(=O)NN(C)C)C(=O)O. The van der Waals surface area contributed by atoms with E-state index in [0.717, 1.165) is 19.3 Å². The molecule has 5 nitrogen and oxygen atoms in total. The Morgan fingerprint density at radius 1 is 1.31 bits per heavy atom. The second kappa shape index (κ2) is 8.10. The molecule has 0 radical (unpaired) electrons. The number of rotatable bonds is 8. The molecule has 0 saturated heterocycles. The van der Waals surface area contributed by atoms with Crippen molar-refractivity contribution in [3.05, 3.63) is 0 Å². The number of nitrogens with one attached hydrogen (secondary N) is 1. The normalized spacial score (nSPS) is 12.5. The lowest BCUT2D eigenvalue weighted by Crippen LogP contribution is -2.37. The summed E-state index contributed by atoms with van der Waals surface area (Å²) >= 11 is 0. The Hall–Kier alpha value is -1.10. The first-order valence-corrected chi connectivity index (χ1v) is 5.67. The number of aliphatic carboxylic acids is 1. The fourth-order valence-corrected chi connectivity index (χ4v) is 1.47. The van der Waals surface area contributed by atoms with Crippen molar-refractivity contribution in [2.45, 2.75) is 39.0 Å². The molecule has 0 saturated carbocycles. The Labute approximate surface area is 96.8 Å². The molecule has 0 heterocycles. The summed E-state index contributed by atoms with van der Waals surface area (Å²) in [5.74, 6) is -1.69. The summed E-state index contributed by atoms with van der Waals surface area (Å²) in [5.41, 5.74) is 2.55. The first-order chi connectivity index (χ1) is 7.47. The van der Waals surface area contributed by atoms with Crippen LogP contribution in [0.1, 0.15) is 39.0 Å². The molecule has 0 aliphatic rings. The fourth-order valence-electron chi connectivity index (χ4n) is 1.47. The van der Waals surface area contributed by atoms with Crippen molar-refractivity contribution < 1.29 is 14.7 Å². The van der Waals surface area contributed by atoms with Gasteiger partial charge in [0.15, 0.2) is 0 Å². The van der Waals surface area contributed by atoms with Crippen molar-refractivity contribution in [3.63, 3.8) is 0 Å². The number of hydrogen-bond acceptors (Lipinski definition) is 3. The molecule has 94 valence electrons. The van der Waals surface area contributed by atoms with E-state index in [2.05, 4.69) is 12.3 Å². The molecule has 1 unspecified atom stereocenters. The summed E-state index contributed by atoms with van der Waals surface area (Å²) in [6.45, 7) is 2.06. The predicted octanol–water partition coefficient (Wildman–Crippen LogP) is 1.25. The summed E-state index contributed by atoms with van der Waals surface area (Å²) in [7, 11) is 3.40. The van der Waals surface area contributed by atoms with Crippen LogP contribution in [0.4, 0.5) is 0 Å². The van der Waals surface area contributed by atoms with Gasteiger partial charge >= 0.3 is 5.97 Å². The van der Waals surface area contributed by atoms with Gasteiger partial charge in [-0.15, -0.1) is 0 Å². The van der Waals surface area contributed by atoms with Gasteiger partial charge in [-0.1, -0.05) is 26.2 Å². The summed E-state index contributed by atoms with van der Waals surface area (Å²) < 4.78 is 0. The quantitative estimate of drug-likeness (QED) is 0.486. The van der Waals surface area contributed by atoms with Crippen LogP contribution in [0.2, 0.25) is 0 Å². The third-order valence-corrected chi connectivity index (χ3v) is 2.29. The number of hydrogen-bond donors (Lipinski definition) is 2. The van der Waals surface area contributed by atoms with E-state index < -0.39 is 11.9 Å². The van der Waals surface area contributed by atoms with Crippen LogP contribution in [0.25, 0.3) is 0 Å². The van der Waals surface area contributed by atoms with E-state index in [4.69, 9.17) is 5.11 Å². The van der Waals surface area contributed by atoms with Crippen molar-refractivity contribution in [1.29, 1.82) is 0 Å². The maximum absolute atomic E-state index is 11.4. The number of carboxylic acids is 1. The molecule has 0 rings (SSSR count). The number of nitrogens with zero attached hydrogens (tertiary/aromatic N) is 1. The summed E-state index contributed by atoms with van der Waals surface area (Å²) in [5, 5.41) is 10.5. The number of unbranched alkanes of at least 4 members (excludes halogenated alkanes) is 2. The van der Waals surface area contributed by atoms with Crippen molar-refractivity contribution >= 4 is 11.9 Å². The van der Waals surface area contributed by atoms with Crippen molar-refractivity contribution in [3.8, 4) is 0 Å². The molecule has 16 heavy (non-hydrogen) atoms. The van der Waals surface area contributed by atoms with Crippen LogP contribution >= 0.6 is 0 Å². The average molecular weight is 230 g/mol. The van der Waals surface area contributed by atoms with Gasteiger partial charge in [-0.05, 0) is 6.42 Å². The lowest BCUT2D eigenvalue weighted by atomic mass is 9.98. The number of hydrazine groups is 1. The van der Waals surface area contributed by atoms with E-state index >= 15 is 0 Å². The summed E-state index contributed by atoms with van der Waals surface area (Å²) in [6, 6.07) is 0. The van der Waals surface area contributed by atoms with Crippen LogP contribution in [0, 0.1) is 5.92 Å². The van der Waals surface area contributed by atoms with Gasteiger partial charge in [-0.3, -0.25) is 15.0 Å². The number of amides is 1. The van der Waals surface area contributed by atoms with Gasteiger partial charge in [0.05, 0.1) is 5.92 Å². The van der Waals surface area contributed by atoms with Crippen LogP contribution in [0.5, 0.6) is 0 Å². The third kappa shape index (κ3) is 7.23. The fraction of sp³-hybridized carbons (Fsp3) is 0.818. The minimum atomic E-state index is -0.884. The molecule has 0 aromatic rings. The molecule has 1 atom stereocenters. The van der Waals surface area contributed by atoms with Crippen molar-refractivity contribution in [1.82, 2.24) is 10.4 Å². The third-order valence-electron chi connectivity index (χ3n) is 2.29. The molecule has 0 aliphatic carbocycles. The van der Waals surface area contributed by atoms with E-state index in [1.807, 2.05) is 0 Å². The van der Waals surface area contributed by atoms with Gasteiger partial charge in [-0.25, -0.2) is 5.01 Å². The standard InChI is InChI=1S/C11H22N2O3/c1-4-5-6-7-9(11(15)16)8-10(14)12-13(2)3/h9H,4-8H2,1-3H3,(H,12,14)(H,15,16). The van der Waals surface area contributed by atoms with Gasteiger partial charge < -0.3 is 5.11 Å². The van der Waals surface area contributed by atoms with E-state index in [9.17, 15) is 9.59 Å². The smallest absolute Gasteiger partial charge is 0.307 e. The molecule has 0 bridgehead atoms. The predicted molar refractivity (Wildman–Crippen MR) is 61.7 cm³/mol. The van der Waals surface area contributed by atoms with Gasteiger partial charge in [0.1, 0.15) is 0 Å². The highest BCUT2D eigenvalue weighted by atomic mass is 16.4. The van der Waals surface area contributed by atoms with Crippen molar-refractivity contribution in [2.75, 3.05) is 14.1 Å². The van der Waals surface area contributed by atoms with Gasteiger partial charge in [0.25, 0.3) is 0 Å². The van der Waals surface area contributed by atoms with Crippen LogP contribution in [-0.4, -0.2) is 36.1 Å². The molecular formula is C11H22N2O3. The molecule has 0 spiro atoms. The zero-order valence-electron chi connectivity index (χ0n) is 10.3. The molecule has 0 aliphatic heterocycles. The Balaban J connectivity index is 4.02. The summed E-state index contributed by atoms with van der Waals surface area (Å²) in [4.78, 5) is 22.3. The molecule has 0 fully saturated rings. The van der Waals surface area contributed by atoms with Crippen LogP contribution in [0.15, 0.2) is 0 Å². The van der Waals surface area contributed by atoms with E-state index in [1.54, 1.807) is 14.1 Å². The molecule has 5 heteroatoms. The molecular weight excluding hydrogens is 208 g/mol. The zero-order chi connectivity index (χ0) is 12.6. The van der Waals surface area contributed by atoms with Gasteiger partial charge in [0, 0.05) is 20.5 Å². The Bertz CT molecular complexity index is 229. The van der Waals surface area contributed by atoms with E-state index in [0.29, 0.717) is 6.42 Å². The lowest BCUT2D eigenvalue weighted by Gasteiger charge is -2.15. The first kappa shape index (κ1) is 14.9. The number of carboxylic acid groups (broad SMARTS) is 1. The monoisotopic (exact) mass is 230 g/mol. The molecule has 1 amide bonds.